The zero-order valence-corrected chi connectivity index (χ0v) is 10.1. The smallest absolute Gasteiger partial charge is 0.0991 e. The van der Waals surface area contributed by atoms with Crippen LogP contribution in [-0.2, 0) is 6.42 Å². The van der Waals surface area contributed by atoms with Crippen LogP contribution in [-0.4, -0.2) is 5.33 Å². The minimum atomic E-state index is 0.272. The number of benzene rings is 1. The van der Waals surface area contributed by atoms with Gasteiger partial charge in [0, 0.05) is 5.33 Å². The van der Waals surface area contributed by atoms with Gasteiger partial charge in [-0.1, -0.05) is 41.9 Å². The second-order valence-corrected chi connectivity index (χ2v) is 4.84. The van der Waals surface area contributed by atoms with Crippen molar-refractivity contribution < 1.29 is 0 Å². The van der Waals surface area contributed by atoms with E-state index in [1.807, 2.05) is 24.3 Å². The van der Waals surface area contributed by atoms with Crippen LogP contribution in [0.15, 0.2) is 24.3 Å². The van der Waals surface area contributed by atoms with E-state index in [2.05, 4.69) is 35.8 Å². The predicted octanol–water partition coefficient (Wildman–Crippen LogP) is 3.52. The Morgan fingerprint density at radius 3 is 2.29 bits per heavy atom. The zero-order valence-electron chi connectivity index (χ0n) is 8.55. The lowest BCUT2D eigenvalue weighted by atomic mass is 9.88. The van der Waals surface area contributed by atoms with Crippen molar-refractivity contribution in [1.82, 2.24) is 0 Å². The van der Waals surface area contributed by atoms with Crippen molar-refractivity contribution in [2.24, 2.45) is 5.41 Å². The molecule has 0 fully saturated rings. The lowest BCUT2D eigenvalue weighted by molar-refractivity contribution is 0.425. The van der Waals surface area contributed by atoms with Crippen LogP contribution in [0, 0.1) is 16.7 Å². The van der Waals surface area contributed by atoms with E-state index in [1.165, 1.54) is 5.56 Å². The maximum atomic E-state index is 8.65. The average molecular weight is 252 g/mol. The molecule has 0 unspecified atom stereocenters. The SMILES string of the molecule is CC(C)(CBr)Cc1ccc(C#N)cc1. The van der Waals surface area contributed by atoms with Crippen molar-refractivity contribution in [3.05, 3.63) is 35.4 Å². The molecule has 1 nitrogen and oxygen atoms in total. The van der Waals surface area contributed by atoms with Crippen LogP contribution in [0.3, 0.4) is 0 Å². The van der Waals surface area contributed by atoms with Gasteiger partial charge in [0.05, 0.1) is 11.6 Å². The fourth-order valence-electron chi connectivity index (χ4n) is 1.30. The topological polar surface area (TPSA) is 23.8 Å². The molecule has 0 saturated carbocycles. The Labute approximate surface area is 93.9 Å². The van der Waals surface area contributed by atoms with Gasteiger partial charge in [0.15, 0.2) is 0 Å². The molecule has 0 spiro atoms. The van der Waals surface area contributed by atoms with Crippen LogP contribution in [0.2, 0.25) is 0 Å². The van der Waals surface area contributed by atoms with E-state index in [4.69, 9.17) is 5.26 Å². The lowest BCUT2D eigenvalue weighted by Crippen LogP contribution is -2.16. The van der Waals surface area contributed by atoms with Crippen LogP contribution in [0.4, 0.5) is 0 Å². The summed E-state index contributed by atoms with van der Waals surface area (Å²) in [7, 11) is 0. The molecule has 0 bridgehead atoms. The van der Waals surface area contributed by atoms with Crippen LogP contribution in [0.5, 0.6) is 0 Å². The summed E-state index contributed by atoms with van der Waals surface area (Å²) in [5.41, 5.74) is 2.28. The highest BCUT2D eigenvalue weighted by Gasteiger charge is 2.16. The molecule has 14 heavy (non-hydrogen) atoms. The minimum absolute atomic E-state index is 0.272. The summed E-state index contributed by atoms with van der Waals surface area (Å²) in [4.78, 5) is 0. The third-order valence-corrected chi connectivity index (χ3v) is 3.65. The molecular weight excluding hydrogens is 238 g/mol. The fraction of sp³-hybridized carbons (Fsp3) is 0.417. The number of halogens is 1. The highest BCUT2D eigenvalue weighted by molar-refractivity contribution is 9.09. The Hall–Kier alpha value is -0.810. The molecule has 0 aromatic heterocycles. The van der Waals surface area contributed by atoms with Crippen molar-refractivity contribution in [2.75, 3.05) is 5.33 Å². The molecule has 0 radical (unpaired) electrons. The molecule has 1 rings (SSSR count). The summed E-state index contributed by atoms with van der Waals surface area (Å²) in [5.74, 6) is 0. The Morgan fingerprint density at radius 1 is 1.29 bits per heavy atom. The first-order valence-corrected chi connectivity index (χ1v) is 5.74. The second-order valence-electron chi connectivity index (χ2n) is 4.28. The maximum absolute atomic E-state index is 8.65. The van der Waals surface area contributed by atoms with Crippen molar-refractivity contribution in [1.29, 1.82) is 5.26 Å². The lowest BCUT2D eigenvalue weighted by Gasteiger charge is -2.21. The van der Waals surface area contributed by atoms with E-state index >= 15 is 0 Å². The molecular formula is C12H14BrN. The normalized spacial score (nSPS) is 11.0. The van der Waals surface area contributed by atoms with Gasteiger partial charge in [-0.15, -0.1) is 0 Å². The first-order chi connectivity index (χ1) is 6.57. The van der Waals surface area contributed by atoms with Gasteiger partial charge in [-0.3, -0.25) is 0 Å². The molecule has 0 aliphatic rings. The Kier molecular flexibility index (Phi) is 3.71. The van der Waals surface area contributed by atoms with E-state index in [9.17, 15) is 0 Å². The van der Waals surface area contributed by atoms with E-state index in [1.54, 1.807) is 0 Å². The molecule has 0 N–H and O–H groups in total. The van der Waals surface area contributed by atoms with Crippen LogP contribution in [0.1, 0.15) is 25.0 Å². The predicted molar refractivity (Wildman–Crippen MR) is 62.4 cm³/mol. The summed E-state index contributed by atoms with van der Waals surface area (Å²) in [6.07, 6.45) is 1.03. The summed E-state index contributed by atoms with van der Waals surface area (Å²) < 4.78 is 0. The van der Waals surface area contributed by atoms with Crippen LogP contribution >= 0.6 is 15.9 Å². The Balaban J connectivity index is 2.75. The van der Waals surface area contributed by atoms with Gasteiger partial charge >= 0.3 is 0 Å². The molecule has 0 aliphatic heterocycles. The largest absolute Gasteiger partial charge is 0.192 e. The van der Waals surface area contributed by atoms with Gasteiger partial charge < -0.3 is 0 Å². The molecule has 2 heteroatoms. The van der Waals surface area contributed by atoms with E-state index in [-0.39, 0.29) is 5.41 Å². The van der Waals surface area contributed by atoms with Crippen molar-refractivity contribution in [2.45, 2.75) is 20.3 Å². The first-order valence-electron chi connectivity index (χ1n) is 4.62. The number of rotatable bonds is 3. The maximum Gasteiger partial charge on any atom is 0.0991 e. The first kappa shape index (κ1) is 11.3. The Morgan fingerprint density at radius 2 is 1.86 bits per heavy atom. The number of hydrogen-bond acceptors (Lipinski definition) is 1. The molecule has 0 amide bonds. The molecule has 0 atom stereocenters. The third-order valence-electron chi connectivity index (χ3n) is 2.13. The van der Waals surface area contributed by atoms with Crippen molar-refractivity contribution >= 4 is 15.9 Å². The summed E-state index contributed by atoms with van der Waals surface area (Å²) >= 11 is 3.50. The second kappa shape index (κ2) is 4.61. The fourth-order valence-corrected chi connectivity index (χ4v) is 1.50. The molecule has 0 aliphatic carbocycles. The van der Waals surface area contributed by atoms with Gasteiger partial charge in [-0.25, -0.2) is 0 Å². The van der Waals surface area contributed by atoms with Crippen molar-refractivity contribution in [3.63, 3.8) is 0 Å². The third kappa shape index (κ3) is 3.16. The molecule has 0 saturated heterocycles. The molecule has 1 aromatic rings. The van der Waals surface area contributed by atoms with Gasteiger partial charge in [0.25, 0.3) is 0 Å². The summed E-state index contributed by atoms with van der Waals surface area (Å²) in [6, 6.07) is 9.93. The molecule has 1 aromatic carbocycles. The van der Waals surface area contributed by atoms with E-state index in [0.29, 0.717) is 0 Å². The number of alkyl halides is 1. The zero-order chi connectivity index (χ0) is 10.6. The van der Waals surface area contributed by atoms with Gasteiger partial charge in [-0.2, -0.15) is 5.26 Å². The summed E-state index contributed by atoms with van der Waals surface area (Å²) in [5, 5.41) is 9.64. The van der Waals surface area contributed by atoms with Gasteiger partial charge in [0.2, 0.25) is 0 Å². The van der Waals surface area contributed by atoms with Gasteiger partial charge in [0.1, 0.15) is 0 Å². The van der Waals surface area contributed by atoms with Crippen LogP contribution < -0.4 is 0 Å². The molecule has 74 valence electrons. The monoisotopic (exact) mass is 251 g/mol. The Bertz CT molecular complexity index is 332. The number of nitrogens with zero attached hydrogens (tertiary/aromatic N) is 1. The molecule has 0 heterocycles. The quantitative estimate of drug-likeness (QED) is 0.755. The highest BCUT2D eigenvalue weighted by Crippen LogP contribution is 2.24. The minimum Gasteiger partial charge on any atom is -0.192 e. The number of nitriles is 1. The van der Waals surface area contributed by atoms with Crippen molar-refractivity contribution in [3.8, 4) is 6.07 Å². The van der Waals surface area contributed by atoms with Crippen LogP contribution in [0.25, 0.3) is 0 Å². The standard InChI is InChI=1S/C12H14BrN/c1-12(2,9-13)7-10-3-5-11(8-14)6-4-10/h3-6H,7,9H2,1-2H3. The number of hydrogen-bond donors (Lipinski definition) is 0. The van der Waals surface area contributed by atoms with E-state index in [0.717, 1.165) is 17.3 Å². The van der Waals surface area contributed by atoms with E-state index < -0.39 is 0 Å². The highest BCUT2D eigenvalue weighted by atomic mass is 79.9. The average Bonchev–Trinajstić information content (AvgIpc) is 2.19. The summed E-state index contributed by atoms with van der Waals surface area (Å²) in [6.45, 7) is 4.44. The van der Waals surface area contributed by atoms with Gasteiger partial charge in [-0.05, 0) is 29.5 Å².